The molecule has 1 aromatic carbocycles. The van der Waals surface area contributed by atoms with Gasteiger partial charge in [-0.25, -0.2) is 0 Å². The van der Waals surface area contributed by atoms with Crippen molar-refractivity contribution in [2.75, 3.05) is 31.1 Å². The quantitative estimate of drug-likeness (QED) is 0.772. The zero-order valence-electron chi connectivity index (χ0n) is 11.6. The summed E-state index contributed by atoms with van der Waals surface area (Å²) < 4.78 is 0. The van der Waals surface area contributed by atoms with Crippen LogP contribution >= 0.6 is 0 Å². The second-order valence-electron chi connectivity index (χ2n) is 5.74. The lowest BCUT2D eigenvalue weighted by Gasteiger charge is -2.28. The van der Waals surface area contributed by atoms with Crippen LogP contribution in [-0.4, -0.2) is 37.1 Å². The van der Waals surface area contributed by atoms with Gasteiger partial charge in [-0.2, -0.15) is 5.26 Å². The molecule has 0 radical (unpaired) electrons. The van der Waals surface area contributed by atoms with Gasteiger partial charge in [0.2, 0.25) is 0 Å². The summed E-state index contributed by atoms with van der Waals surface area (Å²) in [5.41, 5.74) is 3.30. The normalized spacial score (nSPS) is 23.8. The van der Waals surface area contributed by atoms with E-state index in [0.717, 1.165) is 24.7 Å². The predicted molar refractivity (Wildman–Crippen MR) is 77.3 cm³/mol. The third kappa shape index (κ3) is 2.46. The summed E-state index contributed by atoms with van der Waals surface area (Å²) in [6.45, 7) is 6.93. The summed E-state index contributed by atoms with van der Waals surface area (Å²) >= 11 is 0. The molecule has 0 aliphatic carbocycles. The van der Waals surface area contributed by atoms with E-state index in [1.165, 1.54) is 43.6 Å². The molecule has 2 aliphatic heterocycles. The molecule has 100 valence electrons. The topological polar surface area (TPSA) is 30.3 Å². The van der Waals surface area contributed by atoms with Crippen molar-refractivity contribution in [1.29, 1.82) is 5.26 Å². The van der Waals surface area contributed by atoms with Crippen LogP contribution in [-0.2, 0) is 0 Å². The van der Waals surface area contributed by atoms with Crippen molar-refractivity contribution in [2.24, 2.45) is 0 Å². The fourth-order valence-electron chi connectivity index (χ4n) is 3.51. The second-order valence-corrected chi connectivity index (χ2v) is 5.74. The van der Waals surface area contributed by atoms with Crippen molar-refractivity contribution in [3.63, 3.8) is 0 Å². The Kier molecular flexibility index (Phi) is 3.44. The van der Waals surface area contributed by atoms with Crippen LogP contribution in [0.3, 0.4) is 0 Å². The lowest BCUT2D eigenvalue weighted by molar-refractivity contribution is 0.273. The molecule has 2 aliphatic rings. The molecule has 0 bridgehead atoms. The summed E-state index contributed by atoms with van der Waals surface area (Å²) in [6, 6.07) is 9.03. The molecule has 0 N–H and O–H groups in total. The largest absolute Gasteiger partial charge is 0.370 e. The van der Waals surface area contributed by atoms with E-state index in [4.69, 9.17) is 5.26 Å². The molecule has 0 aromatic heterocycles. The zero-order chi connectivity index (χ0) is 13.2. The summed E-state index contributed by atoms with van der Waals surface area (Å²) in [7, 11) is 0. The summed E-state index contributed by atoms with van der Waals surface area (Å²) in [5, 5.41) is 8.96. The molecule has 3 rings (SSSR count). The zero-order valence-corrected chi connectivity index (χ0v) is 11.6. The Morgan fingerprint density at radius 2 is 2.05 bits per heavy atom. The Morgan fingerprint density at radius 1 is 1.21 bits per heavy atom. The van der Waals surface area contributed by atoms with Crippen molar-refractivity contribution >= 4 is 5.69 Å². The van der Waals surface area contributed by atoms with E-state index in [2.05, 4.69) is 28.9 Å². The minimum absolute atomic E-state index is 0.734. The number of aryl methyl sites for hydroxylation is 1. The Hall–Kier alpha value is -1.53. The summed E-state index contributed by atoms with van der Waals surface area (Å²) in [6.07, 6.45) is 3.94. The maximum atomic E-state index is 8.96. The van der Waals surface area contributed by atoms with E-state index in [0.29, 0.717) is 0 Å². The third-order valence-electron chi connectivity index (χ3n) is 4.47. The van der Waals surface area contributed by atoms with Crippen LogP contribution in [0.25, 0.3) is 0 Å². The fraction of sp³-hybridized carbons (Fsp3) is 0.562. The van der Waals surface area contributed by atoms with Gasteiger partial charge in [0.1, 0.15) is 0 Å². The molecule has 3 heteroatoms. The Bertz CT molecular complexity index is 503. The van der Waals surface area contributed by atoms with Crippen molar-refractivity contribution in [3.8, 4) is 6.07 Å². The maximum absolute atomic E-state index is 8.96. The monoisotopic (exact) mass is 255 g/mol. The molecule has 1 aromatic rings. The van der Waals surface area contributed by atoms with Crippen molar-refractivity contribution in [1.82, 2.24) is 4.90 Å². The highest BCUT2D eigenvalue weighted by molar-refractivity contribution is 5.56. The lowest BCUT2D eigenvalue weighted by Crippen LogP contribution is -2.36. The fourth-order valence-corrected chi connectivity index (χ4v) is 3.51. The molecule has 2 saturated heterocycles. The van der Waals surface area contributed by atoms with Gasteiger partial charge in [-0.3, -0.25) is 4.90 Å². The van der Waals surface area contributed by atoms with Gasteiger partial charge in [0.05, 0.1) is 11.6 Å². The van der Waals surface area contributed by atoms with Gasteiger partial charge < -0.3 is 4.90 Å². The number of anilines is 1. The Labute approximate surface area is 115 Å². The first-order valence-electron chi connectivity index (χ1n) is 7.27. The van der Waals surface area contributed by atoms with Gasteiger partial charge in [0.15, 0.2) is 0 Å². The summed E-state index contributed by atoms with van der Waals surface area (Å²) in [5.74, 6) is 0. The average molecular weight is 255 g/mol. The Balaban J connectivity index is 1.83. The van der Waals surface area contributed by atoms with Gasteiger partial charge in [0, 0.05) is 31.4 Å². The molecule has 1 unspecified atom stereocenters. The molecular weight excluding hydrogens is 234 g/mol. The van der Waals surface area contributed by atoms with Gasteiger partial charge in [0.25, 0.3) is 0 Å². The number of rotatable bonds is 1. The van der Waals surface area contributed by atoms with E-state index in [-0.39, 0.29) is 0 Å². The number of fused-ring (bicyclic) bond motifs is 1. The minimum Gasteiger partial charge on any atom is -0.370 e. The van der Waals surface area contributed by atoms with E-state index in [9.17, 15) is 0 Å². The van der Waals surface area contributed by atoms with Gasteiger partial charge >= 0.3 is 0 Å². The number of hydrogen-bond donors (Lipinski definition) is 0. The van der Waals surface area contributed by atoms with E-state index >= 15 is 0 Å². The molecular formula is C16H21N3. The number of hydrogen-bond acceptors (Lipinski definition) is 3. The van der Waals surface area contributed by atoms with Gasteiger partial charge in [-0.05, 0) is 56.5 Å². The number of benzene rings is 1. The number of nitrogens with zero attached hydrogens (tertiary/aromatic N) is 3. The van der Waals surface area contributed by atoms with E-state index in [1.807, 2.05) is 12.1 Å². The van der Waals surface area contributed by atoms with Gasteiger partial charge in [-0.1, -0.05) is 0 Å². The van der Waals surface area contributed by atoms with Crippen molar-refractivity contribution in [3.05, 3.63) is 29.3 Å². The Morgan fingerprint density at radius 3 is 2.84 bits per heavy atom. The molecule has 0 amide bonds. The molecule has 2 heterocycles. The van der Waals surface area contributed by atoms with E-state index < -0.39 is 0 Å². The summed E-state index contributed by atoms with van der Waals surface area (Å²) in [4.78, 5) is 5.17. The first-order chi connectivity index (χ1) is 9.28. The van der Waals surface area contributed by atoms with Crippen LogP contribution in [0.4, 0.5) is 5.69 Å². The van der Waals surface area contributed by atoms with E-state index in [1.54, 1.807) is 0 Å². The highest BCUT2D eigenvalue weighted by atomic mass is 15.3. The average Bonchev–Trinajstić information content (AvgIpc) is 2.76. The highest BCUT2D eigenvalue weighted by Gasteiger charge is 2.29. The first kappa shape index (κ1) is 12.5. The second kappa shape index (κ2) is 5.22. The first-order valence-corrected chi connectivity index (χ1v) is 7.27. The molecule has 19 heavy (non-hydrogen) atoms. The standard InChI is InChI=1S/C16H21N3/c1-13-10-14(11-17)5-6-16(13)19-9-3-8-18-7-2-4-15(18)12-19/h5-6,10,15H,2-4,7-9,12H2,1H3. The SMILES string of the molecule is Cc1cc(C#N)ccc1N1CCCN2CCCC2C1. The van der Waals surface area contributed by atoms with Crippen molar-refractivity contribution < 1.29 is 0 Å². The van der Waals surface area contributed by atoms with Crippen LogP contribution in [0.5, 0.6) is 0 Å². The molecule has 1 atom stereocenters. The van der Waals surface area contributed by atoms with Crippen LogP contribution in [0.1, 0.15) is 30.4 Å². The van der Waals surface area contributed by atoms with Crippen LogP contribution in [0, 0.1) is 18.3 Å². The van der Waals surface area contributed by atoms with Crippen molar-refractivity contribution in [2.45, 2.75) is 32.2 Å². The molecule has 0 spiro atoms. The highest BCUT2D eigenvalue weighted by Crippen LogP contribution is 2.27. The maximum Gasteiger partial charge on any atom is 0.0991 e. The predicted octanol–water partition coefficient (Wildman–Crippen LogP) is 2.54. The minimum atomic E-state index is 0.734. The smallest absolute Gasteiger partial charge is 0.0991 e. The molecule has 0 saturated carbocycles. The van der Waals surface area contributed by atoms with Gasteiger partial charge in [-0.15, -0.1) is 0 Å². The molecule has 3 nitrogen and oxygen atoms in total. The van der Waals surface area contributed by atoms with Crippen LogP contribution in [0.15, 0.2) is 18.2 Å². The number of nitriles is 1. The molecule has 2 fully saturated rings. The van der Waals surface area contributed by atoms with Crippen LogP contribution < -0.4 is 4.90 Å². The van der Waals surface area contributed by atoms with Crippen LogP contribution in [0.2, 0.25) is 0 Å². The lowest BCUT2D eigenvalue weighted by atomic mass is 10.1. The third-order valence-corrected chi connectivity index (χ3v) is 4.47.